The predicted octanol–water partition coefficient (Wildman–Crippen LogP) is 2.14. The molecule has 1 aromatic carbocycles. The summed E-state index contributed by atoms with van der Waals surface area (Å²) < 4.78 is 14.3. The molecule has 5 heteroatoms. The number of carbonyl (C=O) groups is 1. The van der Waals surface area contributed by atoms with Crippen molar-refractivity contribution >= 4 is 11.6 Å². The molecule has 22 heavy (non-hydrogen) atoms. The van der Waals surface area contributed by atoms with Crippen LogP contribution >= 0.6 is 0 Å². The number of rotatable bonds is 4. The van der Waals surface area contributed by atoms with Gasteiger partial charge in [-0.05, 0) is 25.0 Å². The van der Waals surface area contributed by atoms with Crippen LogP contribution in [0, 0.1) is 5.82 Å². The van der Waals surface area contributed by atoms with Gasteiger partial charge < -0.3 is 15.1 Å². The quantitative estimate of drug-likeness (QED) is 0.926. The molecule has 1 N–H and O–H groups in total. The van der Waals surface area contributed by atoms with E-state index in [0.717, 1.165) is 24.3 Å². The van der Waals surface area contributed by atoms with Gasteiger partial charge in [0.15, 0.2) is 0 Å². The zero-order chi connectivity index (χ0) is 15.5. The molecule has 2 fully saturated rings. The second-order valence-electron chi connectivity index (χ2n) is 6.28. The fourth-order valence-corrected chi connectivity index (χ4v) is 3.02. The molecular weight excluding hydrogens is 281 g/mol. The first-order chi connectivity index (χ1) is 10.6. The molecule has 1 saturated carbocycles. The lowest BCUT2D eigenvalue weighted by molar-refractivity contribution is -0.129. The largest absolute Gasteiger partial charge is 0.368 e. The molecule has 1 aliphatic heterocycles. The summed E-state index contributed by atoms with van der Waals surface area (Å²) in [6, 6.07) is 6.07. The maximum Gasteiger partial charge on any atom is 0.219 e. The zero-order valence-electron chi connectivity index (χ0n) is 13.1. The summed E-state index contributed by atoms with van der Waals surface area (Å²) in [5, 5.41) is 3.40. The van der Waals surface area contributed by atoms with E-state index in [-0.39, 0.29) is 11.7 Å². The average molecular weight is 305 g/mol. The summed E-state index contributed by atoms with van der Waals surface area (Å²) in [5.41, 5.74) is 1.64. The van der Waals surface area contributed by atoms with Gasteiger partial charge in [-0.15, -0.1) is 0 Å². The molecule has 1 saturated heterocycles. The van der Waals surface area contributed by atoms with Crippen LogP contribution in [0.1, 0.15) is 31.7 Å². The third-order valence-corrected chi connectivity index (χ3v) is 4.81. The number of carbonyl (C=O) groups excluding carboxylic acids is 1. The van der Waals surface area contributed by atoms with Gasteiger partial charge in [0.1, 0.15) is 5.82 Å². The number of hydrogen-bond acceptors (Lipinski definition) is 3. The molecule has 1 amide bonds. The summed E-state index contributed by atoms with van der Waals surface area (Å²) in [5.74, 6) is -0.0263. The third kappa shape index (κ3) is 3.40. The second kappa shape index (κ2) is 6.65. The highest BCUT2D eigenvalue weighted by molar-refractivity contribution is 5.73. The van der Waals surface area contributed by atoms with Gasteiger partial charge in [-0.2, -0.15) is 0 Å². The SMILES string of the molecule is CC(=O)N1CCN(c2ccc(CNC3CCC3)c(F)c2)CC1. The molecule has 0 bridgehead atoms. The highest BCUT2D eigenvalue weighted by Crippen LogP contribution is 2.22. The summed E-state index contributed by atoms with van der Waals surface area (Å²) in [6.45, 7) is 5.15. The van der Waals surface area contributed by atoms with E-state index in [4.69, 9.17) is 0 Å². The van der Waals surface area contributed by atoms with Gasteiger partial charge in [0, 0.05) is 56.9 Å². The van der Waals surface area contributed by atoms with Crippen molar-refractivity contribution in [2.45, 2.75) is 38.8 Å². The number of hydrogen-bond donors (Lipinski definition) is 1. The minimum Gasteiger partial charge on any atom is -0.368 e. The van der Waals surface area contributed by atoms with Crippen LogP contribution in [-0.4, -0.2) is 43.0 Å². The molecule has 0 radical (unpaired) electrons. The third-order valence-electron chi connectivity index (χ3n) is 4.81. The van der Waals surface area contributed by atoms with Crippen molar-refractivity contribution in [3.63, 3.8) is 0 Å². The predicted molar refractivity (Wildman–Crippen MR) is 85.3 cm³/mol. The van der Waals surface area contributed by atoms with E-state index in [1.54, 1.807) is 13.0 Å². The fourth-order valence-electron chi connectivity index (χ4n) is 3.02. The van der Waals surface area contributed by atoms with Crippen molar-refractivity contribution in [1.29, 1.82) is 0 Å². The van der Waals surface area contributed by atoms with E-state index < -0.39 is 0 Å². The fraction of sp³-hybridized carbons (Fsp3) is 0.588. The molecule has 1 aliphatic carbocycles. The Morgan fingerprint density at radius 3 is 2.55 bits per heavy atom. The van der Waals surface area contributed by atoms with Crippen molar-refractivity contribution in [2.75, 3.05) is 31.1 Å². The van der Waals surface area contributed by atoms with Gasteiger partial charge in [0.2, 0.25) is 5.91 Å². The van der Waals surface area contributed by atoms with Gasteiger partial charge in [0.25, 0.3) is 0 Å². The highest BCUT2D eigenvalue weighted by atomic mass is 19.1. The van der Waals surface area contributed by atoms with Crippen LogP contribution < -0.4 is 10.2 Å². The van der Waals surface area contributed by atoms with Crippen molar-refractivity contribution in [3.05, 3.63) is 29.6 Å². The van der Waals surface area contributed by atoms with Crippen molar-refractivity contribution < 1.29 is 9.18 Å². The van der Waals surface area contributed by atoms with E-state index in [1.165, 1.54) is 19.3 Å². The molecule has 0 aromatic heterocycles. The van der Waals surface area contributed by atoms with Crippen LogP contribution in [0.4, 0.5) is 10.1 Å². The lowest BCUT2D eigenvalue weighted by Crippen LogP contribution is -2.48. The normalized spacial score (nSPS) is 19.2. The first kappa shape index (κ1) is 15.3. The summed E-state index contributed by atoms with van der Waals surface area (Å²) in [7, 11) is 0. The Kier molecular flexibility index (Phi) is 4.62. The van der Waals surface area contributed by atoms with Crippen LogP contribution in [-0.2, 0) is 11.3 Å². The molecule has 120 valence electrons. The Bertz CT molecular complexity index is 537. The molecular formula is C17H24FN3O. The van der Waals surface area contributed by atoms with Gasteiger partial charge in [-0.1, -0.05) is 12.5 Å². The number of amides is 1. The van der Waals surface area contributed by atoms with Crippen molar-refractivity contribution in [3.8, 4) is 0 Å². The molecule has 1 heterocycles. The van der Waals surface area contributed by atoms with E-state index in [0.29, 0.717) is 25.7 Å². The molecule has 0 unspecified atom stereocenters. The maximum atomic E-state index is 14.3. The van der Waals surface area contributed by atoms with E-state index >= 15 is 0 Å². The summed E-state index contributed by atoms with van der Waals surface area (Å²) in [6.07, 6.45) is 3.70. The Morgan fingerprint density at radius 1 is 1.27 bits per heavy atom. The number of anilines is 1. The van der Waals surface area contributed by atoms with E-state index in [1.807, 2.05) is 17.0 Å². The van der Waals surface area contributed by atoms with Crippen molar-refractivity contribution in [2.24, 2.45) is 0 Å². The lowest BCUT2D eigenvalue weighted by Gasteiger charge is -2.35. The van der Waals surface area contributed by atoms with Crippen LogP contribution in [0.15, 0.2) is 18.2 Å². The Morgan fingerprint density at radius 2 is 2.00 bits per heavy atom. The van der Waals surface area contributed by atoms with Crippen LogP contribution in [0.5, 0.6) is 0 Å². The van der Waals surface area contributed by atoms with E-state index in [9.17, 15) is 9.18 Å². The van der Waals surface area contributed by atoms with Crippen LogP contribution in [0.2, 0.25) is 0 Å². The second-order valence-corrected chi connectivity index (χ2v) is 6.28. The molecule has 0 atom stereocenters. The molecule has 1 aromatic rings. The topological polar surface area (TPSA) is 35.6 Å². The van der Waals surface area contributed by atoms with Gasteiger partial charge in [0.05, 0.1) is 0 Å². The molecule has 4 nitrogen and oxygen atoms in total. The number of benzene rings is 1. The average Bonchev–Trinajstić information content (AvgIpc) is 2.47. The number of nitrogens with zero attached hydrogens (tertiary/aromatic N) is 2. The smallest absolute Gasteiger partial charge is 0.219 e. The molecule has 2 aliphatic rings. The van der Waals surface area contributed by atoms with E-state index in [2.05, 4.69) is 10.2 Å². The summed E-state index contributed by atoms with van der Waals surface area (Å²) >= 11 is 0. The van der Waals surface area contributed by atoms with Gasteiger partial charge in [-0.25, -0.2) is 4.39 Å². The maximum absolute atomic E-state index is 14.3. The Labute approximate surface area is 131 Å². The van der Waals surface area contributed by atoms with Crippen molar-refractivity contribution in [1.82, 2.24) is 10.2 Å². The van der Waals surface area contributed by atoms with Crippen LogP contribution in [0.3, 0.4) is 0 Å². The molecule has 0 spiro atoms. The minimum absolute atomic E-state index is 0.114. The monoisotopic (exact) mass is 305 g/mol. The Balaban J connectivity index is 1.58. The van der Waals surface area contributed by atoms with Crippen LogP contribution in [0.25, 0.3) is 0 Å². The number of piperazine rings is 1. The summed E-state index contributed by atoms with van der Waals surface area (Å²) in [4.78, 5) is 15.3. The first-order valence-corrected chi connectivity index (χ1v) is 8.16. The number of nitrogens with one attached hydrogen (secondary N) is 1. The standard InChI is InChI=1S/C17H24FN3O/c1-13(22)20-7-9-21(10-8-20)16-6-5-14(17(18)11-16)12-19-15-3-2-4-15/h5-6,11,15,19H,2-4,7-10,12H2,1H3. The lowest BCUT2D eigenvalue weighted by atomic mass is 9.93. The highest BCUT2D eigenvalue weighted by Gasteiger charge is 2.20. The van der Waals surface area contributed by atoms with Gasteiger partial charge >= 0.3 is 0 Å². The first-order valence-electron chi connectivity index (χ1n) is 8.16. The molecule has 3 rings (SSSR count). The zero-order valence-corrected chi connectivity index (χ0v) is 13.1. The van der Waals surface area contributed by atoms with Gasteiger partial charge in [-0.3, -0.25) is 4.79 Å². The Hall–Kier alpha value is -1.62. The number of halogens is 1. The minimum atomic E-state index is -0.140.